The van der Waals surface area contributed by atoms with E-state index in [0.717, 1.165) is 25.0 Å². The summed E-state index contributed by atoms with van der Waals surface area (Å²) in [7, 11) is 0. The lowest BCUT2D eigenvalue weighted by Crippen LogP contribution is -2.62. The standard InChI is InChI=1S/C25H29F2N3O4S/c1-2-7-35-22-19(13-28-30(22)18-5-3-15(4-6-18)23(32)33)21(31)29-20-16-8-14-9-17(20)12-25(10-14,11-16)34-24(26)27/h3-6,13-14,16-17,20,24H,2,7-12H2,1H3,(H,29,31)(H,32,33)/t14?,16-,17+,20?,25?. The first kappa shape index (κ1) is 24.2. The largest absolute Gasteiger partial charge is 0.478 e. The second-order valence-corrected chi connectivity index (χ2v) is 11.1. The molecule has 0 radical (unpaired) electrons. The molecule has 4 fully saturated rings. The molecule has 0 aliphatic heterocycles. The fourth-order valence-corrected chi connectivity index (χ4v) is 7.48. The molecule has 10 heteroatoms. The van der Waals surface area contributed by atoms with Crippen molar-refractivity contribution in [2.45, 2.75) is 68.7 Å². The monoisotopic (exact) mass is 505 g/mol. The molecule has 2 N–H and O–H groups in total. The molecule has 5 atom stereocenters. The number of nitrogens with zero attached hydrogens (tertiary/aromatic N) is 2. The number of ether oxygens (including phenoxy) is 1. The zero-order valence-electron chi connectivity index (χ0n) is 19.5. The number of aromatic nitrogens is 2. The second kappa shape index (κ2) is 9.54. The van der Waals surface area contributed by atoms with Crippen LogP contribution in [0.2, 0.25) is 0 Å². The summed E-state index contributed by atoms with van der Waals surface area (Å²) < 4.78 is 33.0. The molecule has 188 valence electrons. The number of rotatable bonds is 9. The molecule has 1 amide bonds. The first-order chi connectivity index (χ1) is 16.8. The molecule has 0 saturated heterocycles. The Morgan fingerprint density at radius 3 is 2.51 bits per heavy atom. The van der Waals surface area contributed by atoms with Gasteiger partial charge in [-0.1, -0.05) is 6.92 Å². The average Bonchev–Trinajstić information content (AvgIpc) is 3.22. The van der Waals surface area contributed by atoms with Gasteiger partial charge in [0.1, 0.15) is 5.03 Å². The van der Waals surface area contributed by atoms with Gasteiger partial charge in [0.25, 0.3) is 5.91 Å². The molecular formula is C25H29F2N3O4S. The molecule has 4 aliphatic rings. The van der Waals surface area contributed by atoms with Crippen LogP contribution in [0.5, 0.6) is 0 Å². The number of carbonyl (C=O) groups is 2. The molecule has 1 aromatic carbocycles. The molecule has 4 bridgehead atoms. The topological polar surface area (TPSA) is 93.5 Å². The summed E-state index contributed by atoms with van der Waals surface area (Å²) in [6, 6.07) is 6.32. The molecule has 35 heavy (non-hydrogen) atoms. The molecular weight excluding hydrogens is 476 g/mol. The lowest BCUT2D eigenvalue weighted by atomic mass is 9.52. The Hall–Kier alpha value is -2.46. The van der Waals surface area contributed by atoms with Gasteiger partial charge in [-0.2, -0.15) is 13.9 Å². The second-order valence-electron chi connectivity index (χ2n) is 10.0. The zero-order chi connectivity index (χ0) is 24.7. The van der Waals surface area contributed by atoms with Crippen molar-refractivity contribution in [1.82, 2.24) is 15.1 Å². The zero-order valence-corrected chi connectivity index (χ0v) is 20.3. The fourth-order valence-electron chi connectivity index (χ4n) is 6.51. The van der Waals surface area contributed by atoms with Gasteiger partial charge in [-0.25, -0.2) is 9.48 Å². The van der Waals surface area contributed by atoms with Crippen LogP contribution in [-0.2, 0) is 4.74 Å². The van der Waals surface area contributed by atoms with Crippen LogP contribution >= 0.6 is 11.8 Å². The Morgan fingerprint density at radius 2 is 1.91 bits per heavy atom. The smallest absolute Gasteiger partial charge is 0.345 e. The molecule has 4 aliphatic carbocycles. The van der Waals surface area contributed by atoms with Crippen molar-refractivity contribution in [3.8, 4) is 5.69 Å². The third kappa shape index (κ3) is 4.70. The van der Waals surface area contributed by atoms with E-state index in [1.807, 2.05) is 0 Å². The first-order valence-corrected chi connectivity index (χ1v) is 13.1. The molecule has 1 aromatic heterocycles. The maximum absolute atomic E-state index is 13.5. The molecule has 1 heterocycles. The number of carbonyl (C=O) groups excluding carboxylic acids is 1. The van der Waals surface area contributed by atoms with E-state index in [4.69, 9.17) is 4.74 Å². The highest BCUT2D eigenvalue weighted by Crippen LogP contribution is 2.57. The highest BCUT2D eigenvalue weighted by atomic mass is 32.2. The van der Waals surface area contributed by atoms with Crippen molar-refractivity contribution < 1.29 is 28.2 Å². The van der Waals surface area contributed by atoms with E-state index in [2.05, 4.69) is 17.3 Å². The van der Waals surface area contributed by atoms with Crippen molar-refractivity contribution >= 4 is 23.6 Å². The van der Waals surface area contributed by atoms with Crippen LogP contribution in [0.25, 0.3) is 5.69 Å². The van der Waals surface area contributed by atoms with Gasteiger partial charge in [0, 0.05) is 6.04 Å². The third-order valence-electron chi connectivity index (χ3n) is 7.63. The van der Waals surface area contributed by atoms with Gasteiger partial charge in [-0.3, -0.25) is 4.79 Å². The summed E-state index contributed by atoms with van der Waals surface area (Å²) in [6.45, 7) is -0.714. The van der Waals surface area contributed by atoms with E-state index in [9.17, 15) is 23.5 Å². The summed E-state index contributed by atoms with van der Waals surface area (Å²) >= 11 is 1.53. The van der Waals surface area contributed by atoms with E-state index in [1.165, 1.54) is 23.9 Å². The molecule has 4 saturated carbocycles. The van der Waals surface area contributed by atoms with Crippen molar-refractivity contribution in [2.24, 2.45) is 17.8 Å². The Balaban J connectivity index is 1.37. The van der Waals surface area contributed by atoms with E-state index in [0.29, 0.717) is 41.5 Å². The number of carboxylic acid groups (broad SMARTS) is 1. The molecule has 3 unspecified atom stereocenters. The lowest BCUT2D eigenvalue weighted by Gasteiger charge is -2.59. The minimum Gasteiger partial charge on any atom is -0.478 e. The summed E-state index contributed by atoms with van der Waals surface area (Å²) in [5, 5.41) is 17.5. The van der Waals surface area contributed by atoms with Crippen LogP contribution in [0.1, 0.15) is 66.2 Å². The first-order valence-electron chi connectivity index (χ1n) is 12.1. The van der Waals surface area contributed by atoms with Crippen LogP contribution in [0.4, 0.5) is 8.78 Å². The number of thioether (sulfide) groups is 1. The lowest BCUT2D eigenvalue weighted by molar-refractivity contribution is -0.260. The highest BCUT2D eigenvalue weighted by molar-refractivity contribution is 7.99. The Kier molecular flexibility index (Phi) is 6.61. The van der Waals surface area contributed by atoms with Crippen LogP contribution in [-0.4, -0.2) is 50.8 Å². The number of amides is 1. The Bertz CT molecular complexity index is 1090. The molecule has 7 nitrogen and oxygen atoms in total. The van der Waals surface area contributed by atoms with E-state index in [-0.39, 0.29) is 29.3 Å². The SMILES string of the molecule is CCCSc1c(C(=O)NC2[C@@H]3CC4C[C@H]2CC(OC(F)F)(C4)C3)cnn1-c1ccc(C(=O)O)cc1. The summed E-state index contributed by atoms with van der Waals surface area (Å²) in [5.74, 6) is 0.228. The van der Waals surface area contributed by atoms with Gasteiger partial charge in [-0.15, -0.1) is 11.8 Å². The fraction of sp³-hybridized carbons (Fsp3) is 0.560. The van der Waals surface area contributed by atoms with Gasteiger partial charge >= 0.3 is 12.6 Å². The minimum atomic E-state index is -2.77. The predicted octanol–water partition coefficient (Wildman–Crippen LogP) is 4.99. The van der Waals surface area contributed by atoms with E-state index < -0.39 is 18.2 Å². The number of halogens is 2. The molecule has 2 aromatic rings. The van der Waals surface area contributed by atoms with Crippen molar-refractivity contribution in [3.63, 3.8) is 0 Å². The van der Waals surface area contributed by atoms with Gasteiger partial charge in [0.15, 0.2) is 0 Å². The number of carboxylic acids is 1. The number of nitrogens with one attached hydrogen (secondary N) is 1. The number of aromatic carboxylic acids is 1. The average molecular weight is 506 g/mol. The van der Waals surface area contributed by atoms with Gasteiger partial charge in [0.05, 0.1) is 28.6 Å². The van der Waals surface area contributed by atoms with Crippen molar-refractivity contribution in [1.29, 1.82) is 0 Å². The quantitative estimate of drug-likeness (QED) is 0.467. The Labute approximate surface area is 206 Å². The van der Waals surface area contributed by atoms with Gasteiger partial charge in [0.2, 0.25) is 0 Å². The highest BCUT2D eigenvalue weighted by Gasteiger charge is 2.57. The van der Waals surface area contributed by atoms with Crippen molar-refractivity contribution in [3.05, 3.63) is 41.6 Å². The van der Waals surface area contributed by atoms with Crippen LogP contribution in [0.3, 0.4) is 0 Å². The number of benzene rings is 1. The van der Waals surface area contributed by atoms with E-state index >= 15 is 0 Å². The normalized spacial score (nSPS) is 29.0. The van der Waals surface area contributed by atoms with Crippen LogP contribution in [0, 0.1) is 17.8 Å². The van der Waals surface area contributed by atoms with Gasteiger partial charge < -0.3 is 15.2 Å². The van der Waals surface area contributed by atoms with Crippen molar-refractivity contribution in [2.75, 3.05) is 5.75 Å². The summed E-state index contributed by atoms with van der Waals surface area (Å²) in [6.07, 6.45) is 6.14. The van der Waals surface area contributed by atoms with Crippen LogP contribution < -0.4 is 5.32 Å². The molecule has 0 spiro atoms. The number of hydrogen-bond acceptors (Lipinski definition) is 5. The maximum Gasteiger partial charge on any atom is 0.345 e. The maximum atomic E-state index is 13.5. The molecule has 6 rings (SSSR count). The van der Waals surface area contributed by atoms with Crippen LogP contribution in [0.15, 0.2) is 35.5 Å². The summed E-state index contributed by atoms with van der Waals surface area (Å²) in [4.78, 5) is 24.7. The number of hydrogen-bond donors (Lipinski definition) is 2. The van der Waals surface area contributed by atoms with Gasteiger partial charge in [-0.05, 0) is 86.3 Å². The minimum absolute atomic E-state index is 0.0596. The number of alkyl halides is 2. The summed E-state index contributed by atoms with van der Waals surface area (Å²) in [5.41, 5.74) is 0.574. The van der Waals surface area contributed by atoms with E-state index in [1.54, 1.807) is 23.0 Å². The third-order valence-corrected chi connectivity index (χ3v) is 8.90. The predicted molar refractivity (Wildman–Crippen MR) is 126 cm³/mol. The Morgan fingerprint density at radius 1 is 1.23 bits per heavy atom.